The van der Waals surface area contributed by atoms with Crippen LogP contribution in [-0.2, 0) is 4.79 Å². The Labute approximate surface area is 191 Å². The number of aliphatic hydroxyl groups is 2. The van der Waals surface area contributed by atoms with E-state index in [4.69, 9.17) is 5.11 Å². The van der Waals surface area contributed by atoms with E-state index < -0.39 is 30.1 Å². The number of carboxylic acid groups (broad SMARTS) is 1. The lowest BCUT2D eigenvalue weighted by Crippen LogP contribution is -2.29. The molecule has 3 rings (SSSR count). The van der Waals surface area contributed by atoms with Crippen LogP contribution in [0, 0.1) is 5.92 Å². The molecule has 0 aromatic carbocycles. The summed E-state index contributed by atoms with van der Waals surface area (Å²) in [7, 11) is 0. The third kappa shape index (κ3) is 5.76. The molecule has 32 heavy (non-hydrogen) atoms. The third-order valence-corrected chi connectivity index (χ3v) is 6.61. The number of fused-ring (bicyclic) bond motifs is 1. The molecule has 1 saturated carbocycles. The van der Waals surface area contributed by atoms with Crippen LogP contribution >= 0.6 is 11.8 Å². The lowest BCUT2D eigenvalue weighted by atomic mass is 10.1. The minimum absolute atomic E-state index is 0.325. The summed E-state index contributed by atoms with van der Waals surface area (Å²) in [6.45, 7) is 5.03. The summed E-state index contributed by atoms with van der Waals surface area (Å²) in [6.07, 6.45) is 6.02. The number of hydrogen-bond acceptors (Lipinski definition) is 9. The largest absolute Gasteiger partial charge is 0.478 e. The number of thioether (sulfide) groups is 1. The average molecular weight is 465 g/mol. The van der Waals surface area contributed by atoms with Crippen LogP contribution < -0.4 is 5.32 Å². The molecule has 10 nitrogen and oxygen atoms in total. The molecular weight excluding hydrogens is 432 g/mol. The Bertz CT molecular complexity index is 936. The van der Waals surface area contributed by atoms with E-state index in [1.165, 1.54) is 23.6 Å². The molecule has 0 aliphatic heterocycles. The highest BCUT2D eigenvalue weighted by atomic mass is 32.2. The second-order valence-corrected chi connectivity index (χ2v) is 9.10. The van der Waals surface area contributed by atoms with Gasteiger partial charge in [-0.05, 0) is 19.3 Å². The maximum absolute atomic E-state index is 10.9. The first-order valence-electron chi connectivity index (χ1n) is 11.2. The lowest BCUT2D eigenvalue weighted by molar-refractivity contribution is -0.131. The van der Waals surface area contributed by atoms with Crippen LogP contribution in [0.3, 0.4) is 0 Å². The van der Waals surface area contributed by atoms with Gasteiger partial charge in [0.05, 0.1) is 12.1 Å². The summed E-state index contributed by atoms with van der Waals surface area (Å²) in [6, 6.07) is -0.574. The number of rotatable bonds is 12. The van der Waals surface area contributed by atoms with E-state index in [9.17, 15) is 15.0 Å². The Hall–Kier alpha value is -2.24. The van der Waals surface area contributed by atoms with E-state index in [2.05, 4.69) is 39.4 Å². The Kier molecular flexibility index (Phi) is 8.83. The fraction of sp³-hybridized carbons (Fsp3) is 0.667. The van der Waals surface area contributed by atoms with Crippen molar-refractivity contribution in [2.75, 3.05) is 17.6 Å². The van der Waals surface area contributed by atoms with Gasteiger partial charge in [-0.3, -0.25) is 0 Å². The smallest absolute Gasteiger partial charge is 0.327 e. The second-order valence-electron chi connectivity index (χ2n) is 8.04. The van der Waals surface area contributed by atoms with E-state index in [0.29, 0.717) is 28.6 Å². The SMILES string of the molecule is CCCCCCNc1nc(SCCC)nc2c1nnn2C1CC(C=CC(=O)O)C(O)C1O. The van der Waals surface area contributed by atoms with Crippen LogP contribution in [0.4, 0.5) is 5.82 Å². The van der Waals surface area contributed by atoms with E-state index in [0.717, 1.165) is 37.6 Å². The quantitative estimate of drug-likeness (QED) is 0.160. The normalized spacial score (nSPS) is 23.4. The topological polar surface area (TPSA) is 146 Å². The molecule has 4 unspecified atom stereocenters. The van der Waals surface area contributed by atoms with Gasteiger partial charge in [-0.1, -0.05) is 56.2 Å². The van der Waals surface area contributed by atoms with E-state index >= 15 is 0 Å². The van der Waals surface area contributed by atoms with Crippen molar-refractivity contribution in [3.05, 3.63) is 12.2 Å². The van der Waals surface area contributed by atoms with Crippen molar-refractivity contribution in [3.63, 3.8) is 0 Å². The first-order valence-corrected chi connectivity index (χ1v) is 12.2. The molecule has 0 spiro atoms. The number of nitrogens with one attached hydrogen (secondary N) is 1. The van der Waals surface area contributed by atoms with Gasteiger partial charge in [0, 0.05) is 24.3 Å². The molecule has 1 aliphatic rings. The summed E-state index contributed by atoms with van der Waals surface area (Å²) in [5.41, 5.74) is 1.02. The maximum Gasteiger partial charge on any atom is 0.327 e. The van der Waals surface area contributed by atoms with Crippen LogP contribution in [0.5, 0.6) is 0 Å². The summed E-state index contributed by atoms with van der Waals surface area (Å²) < 4.78 is 1.54. The molecule has 2 heterocycles. The number of aliphatic hydroxyl groups excluding tert-OH is 2. The summed E-state index contributed by atoms with van der Waals surface area (Å²) in [5.74, 6) is -0.110. The third-order valence-electron chi connectivity index (χ3n) is 5.56. The van der Waals surface area contributed by atoms with Gasteiger partial charge < -0.3 is 20.6 Å². The van der Waals surface area contributed by atoms with Crippen molar-refractivity contribution >= 4 is 34.7 Å². The maximum atomic E-state index is 10.9. The van der Waals surface area contributed by atoms with Gasteiger partial charge in [-0.15, -0.1) is 5.10 Å². The zero-order chi connectivity index (χ0) is 23.1. The highest BCUT2D eigenvalue weighted by Gasteiger charge is 2.43. The minimum atomic E-state index is -1.12. The number of anilines is 1. The first kappa shape index (κ1) is 24.4. The number of carboxylic acids is 1. The van der Waals surface area contributed by atoms with Crippen molar-refractivity contribution in [2.24, 2.45) is 5.92 Å². The molecule has 0 radical (unpaired) electrons. The van der Waals surface area contributed by atoms with Gasteiger partial charge in [0.25, 0.3) is 0 Å². The predicted molar refractivity (Wildman–Crippen MR) is 123 cm³/mol. The molecular formula is C21H32N6O4S. The average Bonchev–Trinajstić information content (AvgIpc) is 3.31. The van der Waals surface area contributed by atoms with Gasteiger partial charge >= 0.3 is 5.97 Å². The van der Waals surface area contributed by atoms with Gasteiger partial charge in [0.15, 0.2) is 22.1 Å². The summed E-state index contributed by atoms with van der Waals surface area (Å²) in [5, 5.41) is 42.4. The fourth-order valence-corrected chi connectivity index (χ4v) is 4.55. The number of hydrogen-bond donors (Lipinski definition) is 4. The second kappa shape index (κ2) is 11.6. The van der Waals surface area contributed by atoms with Crippen molar-refractivity contribution in [2.45, 2.75) is 75.8 Å². The number of carbonyl (C=O) groups is 1. The zero-order valence-corrected chi connectivity index (χ0v) is 19.3. The van der Waals surface area contributed by atoms with E-state index in [1.807, 2.05) is 0 Å². The van der Waals surface area contributed by atoms with E-state index in [-0.39, 0.29) is 0 Å². The van der Waals surface area contributed by atoms with Crippen LogP contribution in [0.2, 0.25) is 0 Å². The molecule has 1 fully saturated rings. The number of unbranched alkanes of at least 4 members (excludes halogenated alkanes) is 3. The Balaban J connectivity index is 1.89. The molecule has 0 bridgehead atoms. The Morgan fingerprint density at radius 3 is 2.72 bits per heavy atom. The Morgan fingerprint density at radius 1 is 1.19 bits per heavy atom. The minimum Gasteiger partial charge on any atom is -0.478 e. The summed E-state index contributed by atoms with van der Waals surface area (Å²) >= 11 is 1.55. The molecule has 0 saturated heterocycles. The number of nitrogens with zero attached hydrogens (tertiary/aromatic N) is 5. The molecule has 2 aromatic rings. The van der Waals surface area contributed by atoms with Crippen molar-refractivity contribution in [1.82, 2.24) is 25.0 Å². The predicted octanol–water partition coefficient (Wildman–Crippen LogP) is 2.64. The first-order chi connectivity index (χ1) is 15.5. The van der Waals surface area contributed by atoms with Gasteiger partial charge in [-0.25, -0.2) is 19.4 Å². The van der Waals surface area contributed by atoms with Crippen LogP contribution in [0.25, 0.3) is 11.2 Å². The monoisotopic (exact) mass is 464 g/mol. The van der Waals surface area contributed by atoms with E-state index in [1.54, 1.807) is 11.8 Å². The number of aliphatic carboxylic acids is 1. The van der Waals surface area contributed by atoms with Crippen molar-refractivity contribution < 1.29 is 20.1 Å². The van der Waals surface area contributed by atoms with Gasteiger partial charge in [-0.2, -0.15) is 0 Å². The highest BCUT2D eigenvalue weighted by Crippen LogP contribution is 2.37. The highest BCUT2D eigenvalue weighted by molar-refractivity contribution is 7.99. The van der Waals surface area contributed by atoms with Crippen LogP contribution in [-0.4, -0.2) is 70.8 Å². The molecule has 1 aliphatic carbocycles. The van der Waals surface area contributed by atoms with Crippen LogP contribution in [0.1, 0.15) is 58.4 Å². The van der Waals surface area contributed by atoms with Gasteiger partial charge in [0.2, 0.25) is 0 Å². The molecule has 176 valence electrons. The van der Waals surface area contributed by atoms with Crippen LogP contribution in [0.15, 0.2) is 17.3 Å². The molecule has 4 N–H and O–H groups in total. The summed E-state index contributed by atoms with van der Waals surface area (Å²) in [4.78, 5) is 20.1. The molecule has 0 amide bonds. The zero-order valence-electron chi connectivity index (χ0n) is 18.5. The molecule has 11 heteroatoms. The fourth-order valence-electron chi connectivity index (χ4n) is 3.85. The lowest BCUT2D eigenvalue weighted by Gasteiger charge is -2.17. The van der Waals surface area contributed by atoms with Gasteiger partial charge in [0.1, 0.15) is 6.10 Å². The number of aromatic nitrogens is 5. The Morgan fingerprint density at radius 2 is 2.00 bits per heavy atom. The van der Waals surface area contributed by atoms with Crippen molar-refractivity contribution in [1.29, 1.82) is 0 Å². The standard InChI is InChI=1S/C21H32N6O4S/c1-3-5-6-7-10-22-19-16-20(24-21(23-19)32-11-4-2)27(26-25-16)14-12-13(8-9-15(28)29)17(30)18(14)31/h8-9,13-14,17-18,30-31H,3-7,10-12H2,1-2H3,(H,28,29)(H,22,23,24). The molecule has 4 atom stereocenters. The molecule has 2 aromatic heterocycles. The van der Waals surface area contributed by atoms with Crippen molar-refractivity contribution in [3.8, 4) is 0 Å².